The van der Waals surface area contributed by atoms with Crippen molar-refractivity contribution < 1.29 is 23.8 Å². The molecular weight excluding hydrogens is 313 g/mol. The number of ether oxygens (including phenoxy) is 1. The maximum atomic E-state index is 12.9. The molecule has 0 radical (unpaired) electrons. The lowest BCUT2D eigenvalue weighted by atomic mass is 10.0. The second kappa shape index (κ2) is 8.21. The lowest BCUT2D eigenvalue weighted by molar-refractivity contribution is -0.139. The molecule has 2 rings (SSSR count). The normalized spacial score (nSPS) is 11.8. The van der Waals surface area contributed by atoms with E-state index in [4.69, 9.17) is 4.74 Å². The number of halogens is 1. The molecule has 0 aliphatic carbocycles. The van der Waals surface area contributed by atoms with E-state index in [0.29, 0.717) is 12.3 Å². The highest BCUT2D eigenvalue weighted by Crippen LogP contribution is 2.12. The van der Waals surface area contributed by atoms with Crippen LogP contribution in [-0.2, 0) is 11.3 Å². The SMILES string of the molecule is COc1ccc(CNC(CC(=O)c2ccc(F)cc2)C(=O)O)cc1. The first-order valence-electron chi connectivity index (χ1n) is 7.37. The van der Waals surface area contributed by atoms with E-state index in [1.807, 2.05) is 12.1 Å². The van der Waals surface area contributed by atoms with Gasteiger partial charge < -0.3 is 9.84 Å². The van der Waals surface area contributed by atoms with Crippen LogP contribution in [0.5, 0.6) is 5.75 Å². The Morgan fingerprint density at radius 1 is 1.12 bits per heavy atom. The van der Waals surface area contributed by atoms with Gasteiger partial charge in [-0.05, 0) is 42.0 Å². The van der Waals surface area contributed by atoms with Crippen molar-refractivity contribution in [2.24, 2.45) is 0 Å². The quantitative estimate of drug-likeness (QED) is 0.727. The molecule has 0 saturated heterocycles. The number of hydrogen-bond donors (Lipinski definition) is 2. The topological polar surface area (TPSA) is 75.6 Å². The Kier molecular flexibility index (Phi) is 6.03. The Hall–Kier alpha value is -2.73. The van der Waals surface area contributed by atoms with Crippen LogP contribution in [0.25, 0.3) is 0 Å². The van der Waals surface area contributed by atoms with Gasteiger partial charge in [-0.2, -0.15) is 0 Å². The van der Waals surface area contributed by atoms with E-state index in [1.165, 1.54) is 24.3 Å². The number of carboxylic acids is 1. The van der Waals surface area contributed by atoms with E-state index >= 15 is 0 Å². The fourth-order valence-corrected chi connectivity index (χ4v) is 2.17. The molecule has 2 aromatic carbocycles. The molecule has 2 N–H and O–H groups in total. The second-order valence-electron chi connectivity index (χ2n) is 5.25. The van der Waals surface area contributed by atoms with Gasteiger partial charge in [-0.3, -0.25) is 14.9 Å². The van der Waals surface area contributed by atoms with Crippen molar-refractivity contribution in [2.45, 2.75) is 19.0 Å². The molecular formula is C18H18FNO4. The maximum Gasteiger partial charge on any atom is 0.321 e. The first-order valence-corrected chi connectivity index (χ1v) is 7.37. The molecule has 5 nitrogen and oxygen atoms in total. The van der Waals surface area contributed by atoms with Gasteiger partial charge in [0.2, 0.25) is 0 Å². The highest BCUT2D eigenvalue weighted by atomic mass is 19.1. The summed E-state index contributed by atoms with van der Waals surface area (Å²) >= 11 is 0. The van der Waals surface area contributed by atoms with Crippen molar-refractivity contribution in [3.05, 3.63) is 65.5 Å². The number of benzene rings is 2. The Balaban J connectivity index is 1.97. The zero-order chi connectivity index (χ0) is 17.5. The van der Waals surface area contributed by atoms with Crippen molar-refractivity contribution in [3.63, 3.8) is 0 Å². The number of ketones is 1. The molecule has 0 spiro atoms. The highest BCUT2D eigenvalue weighted by molar-refractivity contribution is 5.98. The number of aliphatic carboxylic acids is 1. The lowest BCUT2D eigenvalue weighted by Gasteiger charge is -2.14. The van der Waals surface area contributed by atoms with E-state index in [-0.39, 0.29) is 17.8 Å². The van der Waals surface area contributed by atoms with E-state index in [9.17, 15) is 19.1 Å². The summed E-state index contributed by atoms with van der Waals surface area (Å²) in [6.07, 6.45) is -0.211. The third-order valence-electron chi connectivity index (χ3n) is 3.57. The van der Waals surface area contributed by atoms with Crippen molar-refractivity contribution in [2.75, 3.05) is 7.11 Å². The molecule has 1 atom stereocenters. The standard InChI is InChI=1S/C18H18FNO4/c1-24-15-8-2-12(3-9-15)11-20-16(18(22)23)10-17(21)13-4-6-14(19)7-5-13/h2-9,16,20H,10-11H2,1H3,(H,22,23). The number of carboxylic acid groups (broad SMARTS) is 1. The Bertz CT molecular complexity index is 698. The number of carbonyl (C=O) groups is 2. The van der Waals surface area contributed by atoms with Crippen LogP contribution in [0.1, 0.15) is 22.3 Å². The summed E-state index contributed by atoms with van der Waals surface area (Å²) in [6.45, 7) is 0.303. The molecule has 0 fully saturated rings. The predicted octanol–water partition coefficient (Wildman–Crippen LogP) is 2.65. The van der Waals surface area contributed by atoms with Gasteiger partial charge >= 0.3 is 5.97 Å². The summed E-state index contributed by atoms with van der Waals surface area (Å²) in [5.74, 6) is -1.21. The monoisotopic (exact) mass is 331 g/mol. The van der Waals surface area contributed by atoms with E-state index in [1.54, 1.807) is 19.2 Å². The molecule has 0 bridgehead atoms. The molecule has 0 saturated carbocycles. The summed E-state index contributed by atoms with van der Waals surface area (Å²) in [5, 5.41) is 12.1. The Morgan fingerprint density at radius 3 is 2.29 bits per heavy atom. The molecule has 126 valence electrons. The Labute approximate surface area is 139 Å². The summed E-state index contributed by atoms with van der Waals surface area (Å²) in [5.41, 5.74) is 1.16. The van der Waals surface area contributed by atoms with Crippen LogP contribution < -0.4 is 10.1 Å². The van der Waals surface area contributed by atoms with E-state index < -0.39 is 17.8 Å². The summed E-state index contributed by atoms with van der Waals surface area (Å²) in [6, 6.07) is 11.2. The van der Waals surface area contributed by atoms with Crippen LogP contribution in [0.2, 0.25) is 0 Å². The molecule has 0 amide bonds. The van der Waals surface area contributed by atoms with Crippen molar-refractivity contribution in [3.8, 4) is 5.75 Å². The largest absolute Gasteiger partial charge is 0.497 e. The third-order valence-corrected chi connectivity index (χ3v) is 3.57. The molecule has 2 aromatic rings. The Morgan fingerprint density at radius 2 is 1.75 bits per heavy atom. The van der Waals surface area contributed by atoms with Crippen LogP contribution in [-0.4, -0.2) is 30.0 Å². The average molecular weight is 331 g/mol. The maximum absolute atomic E-state index is 12.9. The van der Waals surface area contributed by atoms with E-state index in [0.717, 1.165) is 5.56 Å². The van der Waals surface area contributed by atoms with Crippen LogP contribution >= 0.6 is 0 Å². The van der Waals surface area contributed by atoms with Gasteiger partial charge in [0, 0.05) is 18.5 Å². The molecule has 0 aromatic heterocycles. The van der Waals surface area contributed by atoms with Crippen LogP contribution in [0.4, 0.5) is 4.39 Å². The van der Waals surface area contributed by atoms with Crippen LogP contribution in [0.3, 0.4) is 0 Å². The number of hydrogen-bond acceptors (Lipinski definition) is 4. The van der Waals surface area contributed by atoms with Crippen LogP contribution in [0.15, 0.2) is 48.5 Å². The zero-order valence-electron chi connectivity index (χ0n) is 13.2. The number of carbonyl (C=O) groups excluding carboxylic acids is 1. The predicted molar refractivity (Wildman–Crippen MR) is 86.6 cm³/mol. The summed E-state index contributed by atoms with van der Waals surface area (Å²) in [4.78, 5) is 23.5. The summed E-state index contributed by atoms with van der Waals surface area (Å²) in [7, 11) is 1.56. The van der Waals surface area contributed by atoms with Crippen LogP contribution in [0, 0.1) is 5.82 Å². The van der Waals surface area contributed by atoms with Gasteiger partial charge in [-0.25, -0.2) is 4.39 Å². The summed E-state index contributed by atoms with van der Waals surface area (Å²) < 4.78 is 17.9. The van der Waals surface area contributed by atoms with Gasteiger partial charge in [0.25, 0.3) is 0 Å². The second-order valence-corrected chi connectivity index (χ2v) is 5.25. The minimum Gasteiger partial charge on any atom is -0.497 e. The highest BCUT2D eigenvalue weighted by Gasteiger charge is 2.21. The van der Waals surface area contributed by atoms with Gasteiger partial charge in [-0.15, -0.1) is 0 Å². The van der Waals surface area contributed by atoms with Crippen molar-refractivity contribution in [1.82, 2.24) is 5.32 Å². The van der Waals surface area contributed by atoms with Gasteiger partial charge in [0.15, 0.2) is 5.78 Å². The number of nitrogens with one attached hydrogen (secondary N) is 1. The van der Waals surface area contributed by atoms with Crippen molar-refractivity contribution in [1.29, 1.82) is 0 Å². The number of rotatable bonds is 8. The number of methoxy groups -OCH3 is 1. The molecule has 1 unspecified atom stereocenters. The molecule has 24 heavy (non-hydrogen) atoms. The van der Waals surface area contributed by atoms with Gasteiger partial charge in [-0.1, -0.05) is 12.1 Å². The zero-order valence-corrected chi connectivity index (χ0v) is 13.2. The molecule has 0 aliphatic heterocycles. The minimum atomic E-state index is -1.11. The van der Waals surface area contributed by atoms with Gasteiger partial charge in [0.05, 0.1) is 7.11 Å². The molecule has 0 aliphatic rings. The first kappa shape index (κ1) is 17.6. The van der Waals surface area contributed by atoms with E-state index in [2.05, 4.69) is 5.32 Å². The first-order chi connectivity index (χ1) is 11.5. The minimum absolute atomic E-state index is 0.211. The smallest absolute Gasteiger partial charge is 0.321 e. The molecule has 6 heteroatoms. The number of Topliss-reactive ketones (excluding diaryl/α,β-unsaturated/α-hetero) is 1. The average Bonchev–Trinajstić information content (AvgIpc) is 2.59. The third kappa shape index (κ3) is 4.89. The lowest BCUT2D eigenvalue weighted by Crippen LogP contribution is -2.38. The fourth-order valence-electron chi connectivity index (χ4n) is 2.17. The molecule has 0 heterocycles. The van der Waals surface area contributed by atoms with Crippen molar-refractivity contribution >= 4 is 11.8 Å². The fraction of sp³-hybridized carbons (Fsp3) is 0.222. The van der Waals surface area contributed by atoms with Gasteiger partial charge in [0.1, 0.15) is 17.6 Å².